The van der Waals surface area contributed by atoms with E-state index in [1.54, 1.807) is 0 Å². The minimum atomic E-state index is 0.747. The van der Waals surface area contributed by atoms with E-state index in [-0.39, 0.29) is 0 Å². The first-order valence-electron chi connectivity index (χ1n) is 40.8. The van der Waals surface area contributed by atoms with E-state index < -0.39 is 0 Å². The molecule has 120 heavy (non-hydrogen) atoms. The topological polar surface area (TPSA) is 106 Å². The fourth-order valence-corrected chi connectivity index (χ4v) is 20.4. The second kappa shape index (κ2) is 25.1. The molecule has 0 saturated carbocycles. The number of aryl methyl sites for hydroxylation is 3. The van der Waals surface area contributed by atoms with Gasteiger partial charge in [-0.2, -0.15) is 0 Å². The molecule has 0 radical (unpaired) electrons. The van der Waals surface area contributed by atoms with Crippen LogP contribution in [0.25, 0.3) is 278 Å². The van der Waals surface area contributed by atoms with E-state index in [0.717, 1.165) is 145 Å². The molecule has 0 fully saturated rings. The monoisotopic (exact) mass is 1530 g/mol. The van der Waals surface area contributed by atoms with E-state index in [1.807, 2.05) is 12.1 Å². The van der Waals surface area contributed by atoms with Crippen molar-refractivity contribution in [3.63, 3.8) is 0 Å². The highest BCUT2D eigenvalue weighted by atomic mass is 16.3. The number of imidazole rings is 3. The fourth-order valence-electron chi connectivity index (χ4n) is 20.4. The first-order valence-corrected chi connectivity index (χ1v) is 40.8. The van der Waals surface area contributed by atoms with Crippen LogP contribution in [0.5, 0.6) is 0 Å². The van der Waals surface area contributed by atoms with Gasteiger partial charge in [-0.05, 0) is 291 Å². The minimum absolute atomic E-state index is 0.747. The summed E-state index contributed by atoms with van der Waals surface area (Å²) in [4.78, 5) is 24.8. The van der Waals surface area contributed by atoms with Crippen LogP contribution in [0.15, 0.2) is 355 Å². The van der Waals surface area contributed by atoms with Gasteiger partial charge in [0.2, 0.25) is 0 Å². The number of oxazole rings is 2. The lowest BCUT2D eigenvalue weighted by molar-refractivity contribution is 0.602. The number of fused-ring (bicyclic) bond motifs is 14. The third kappa shape index (κ3) is 9.75. The second-order valence-corrected chi connectivity index (χ2v) is 32.4. The van der Waals surface area contributed by atoms with Crippen LogP contribution in [0.3, 0.4) is 0 Å². The Hall–Kier alpha value is -15.9. The van der Waals surface area contributed by atoms with Gasteiger partial charge >= 0.3 is 0 Å². The van der Waals surface area contributed by atoms with Gasteiger partial charge in [0, 0.05) is 37.8 Å². The van der Waals surface area contributed by atoms with Crippen LogP contribution in [0.2, 0.25) is 0 Å². The van der Waals surface area contributed by atoms with Crippen molar-refractivity contribution in [2.45, 2.75) is 0 Å². The maximum atomic E-state index is 5.82. The quantitative estimate of drug-likeness (QED) is 0.127. The molecule has 3 aliphatic rings. The Morgan fingerprint density at radius 2 is 0.592 bits per heavy atom. The smallest absolute Gasteiger partial charge is 0.181 e. The van der Waals surface area contributed by atoms with Gasteiger partial charge in [-0.1, -0.05) is 231 Å². The summed E-state index contributed by atoms with van der Waals surface area (Å²) in [7, 11) is 6.41. The molecule has 0 aliphatic heterocycles. The summed E-state index contributed by atoms with van der Waals surface area (Å²) < 4.78 is 18.4. The largest absolute Gasteiger partial charge is 0.443 e. The van der Waals surface area contributed by atoms with Gasteiger partial charge in [0.1, 0.15) is 28.5 Å². The maximum absolute atomic E-state index is 5.82. The molecular weight excluding hydrogens is 1470 g/mol. The van der Waals surface area contributed by atoms with Crippen molar-refractivity contribution in [3.8, 4) is 190 Å². The van der Waals surface area contributed by atoms with Crippen molar-refractivity contribution in [1.82, 2.24) is 38.6 Å². The molecule has 10 heteroatoms. The Morgan fingerprint density at radius 3 is 1.28 bits per heavy atom. The molecular formula is C110H66N8O2. The van der Waals surface area contributed by atoms with Gasteiger partial charge in [0.05, 0.1) is 33.1 Å². The van der Waals surface area contributed by atoms with Crippen molar-refractivity contribution in [2.24, 2.45) is 21.1 Å². The summed E-state index contributed by atoms with van der Waals surface area (Å²) in [6, 6.07) is 123. The molecule has 0 saturated heterocycles. The Balaban J connectivity index is 0.509. The average molecular weight is 1530 g/mol. The number of para-hydroxylation sites is 2. The van der Waals surface area contributed by atoms with Gasteiger partial charge in [0.25, 0.3) is 0 Å². The van der Waals surface area contributed by atoms with Gasteiger partial charge in [0.15, 0.2) is 24.0 Å². The summed E-state index contributed by atoms with van der Waals surface area (Å²) in [5, 5.41) is 7.46. The van der Waals surface area contributed by atoms with Gasteiger partial charge < -0.3 is 22.5 Å². The predicted molar refractivity (Wildman–Crippen MR) is 490 cm³/mol. The van der Waals surface area contributed by atoms with Gasteiger partial charge in [-0.3, -0.25) is 0 Å². The molecule has 10 nitrogen and oxygen atoms in total. The number of hydrogen-bond acceptors (Lipinski definition) is 7. The van der Waals surface area contributed by atoms with Gasteiger partial charge in [-0.15, -0.1) is 0 Å². The SMILES string of the molecule is Cn1c(-c2cccc(-c3ccc4c(c3)-c3ccc(-c5cccc(-c6nc7ccc(-c8ccc9c(-c%10cccc(-c%11nc%12cc(-c%13cccc%14c%13-c%13cccc%15c(-c%16cc(-c%17ccc%18ncoc%18c%17)cc(-c%17ccc%18ncoc%18c%17)c%16)ccc-%14c%13%15)ccc%12n%11C)c%10)ccc%10c9c8-c8ccccc8-%10)cc7n6C)c5)c5cccc-4c35)c2)nc2ccccc21. The Labute approximate surface area is 688 Å². The fraction of sp³-hybridized carbons (Fsp3) is 0.0273. The number of benzene rings is 18. The zero-order valence-electron chi connectivity index (χ0n) is 65.3. The van der Waals surface area contributed by atoms with Gasteiger partial charge in [-0.25, -0.2) is 24.9 Å². The molecule has 5 heterocycles. The van der Waals surface area contributed by atoms with E-state index in [9.17, 15) is 0 Å². The molecule has 558 valence electrons. The molecule has 0 unspecified atom stereocenters. The number of nitrogens with zero attached hydrogens (tertiary/aromatic N) is 8. The Kier molecular flexibility index (Phi) is 13.9. The van der Waals surface area contributed by atoms with Crippen LogP contribution in [-0.2, 0) is 21.1 Å². The molecule has 0 atom stereocenters. The van der Waals surface area contributed by atoms with E-state index >= 15 is 0 Å². The van der Waals surface area contributed by atoms with Crippen LogP contribution in [0.1, 0.15) is 0 Å². The summed E-state index contributed by atoms with van der Waals surface area (Å²) in [5.41, 5.74) is 45.6. The normalized spacial score (nSPS) is 12.3. The standard InChI is InChI=1S/C110H66N8O2/c1-116-98-29-7-6-28-93(98)113-108(116)69-17-8-14-61(48-69)62-30-35-81-84-25-12-23-82-75(37-42-90(104(82)84)92(81)54-62)65-15-9-18-70(49-65)109-114-94-44-33-68(56-100(94)118(109)3)79-39-43-87-76(36-40-88-80-20-4-5-21-85(80)106(79)107(87)88)66-16-10-19-71(50-66)110-115-97-55-67(34-47-99(97)117(110)2)78-22-11-26-86-89-41-38-77(83-24-13-27-91(103(78)86)105(83)89)74-52-72(63-31-45-95-101(57-63)119-59-111-95)51-73(53-74)64-32-46-96-102(58-64)120-60-112-96/h4-60H,1-3H3. The number of rotatable bonds is 11. The van der Waals surface area contributed by atoms with E-state index in [4.69, 9.17) is 23.8 Å². The highest BCUT2D eigenvalue weighted by Gasteiger charge is 2.31. The van der Waals surface area contributed by atoms with Crippen molar-refractivity contribution >= 4 is 87.6 Å². The molecule has 18 aromatic carbocycles. The molecule has 0 bridgehead atoms. The predicted octanol–water partition coefficient (Wildman–Crippen LogP) is 28.4. The second-order valence-electron chi connectivity index (χ2n) is 32.4. The Bertz CT molecular complexity index is 8400. The lowest BCUT2D eigenvalue weighted by atomic mass is 9.89. The molecule has 0 amide bonds. The summed E-state index contributed by atoms with van der Waals surface area (Å²) >= 11 is 0. The lowest BCUT2D eigenvalue weighted by Gasteiger charge is -2.14. The summed E-state index contributed by atoms with van der Waals surface area (Å²) in [6.07, 6.45) is 3.01. The summed E-state index contributed by atoms with van der Waals surface area (Å²) in [6.45, 7) is 0. The van der Waals surface area contributed by atoms with Crippen LogP contribution in [0.4, 0.5) is 0 Å². The molecule has 5 aromatic heterocycles. The zero-order valence-corrected chi connectivity index (χ0v) is 65.3. The molecule has 0 N–H and O–H groups in total. The van der Waals surface area contributed by atoms with Crippen molar-refractivity contribution in [2.75, 3.05) is 0 Å². The van der Waals surface area contributed by atoms with Crippen molar-refractivity contribution in [3.05, 3.63) is 346 Å². The third-order valence-corrected chi connectivity index (χ3v) is 26.0. The average Bonchev–Trinajstić information content (AvgIpc) is 1.60. The lowest BCUT2D eigenvalue weighted by Crippen LogP contribution is -1.94. The third-order valence-electron chi connectivity index (χ3n) is 26.0. The highest BCUT2D eigenvalue weighted by molar-refractivity contribution is 6.24. The van der Waals surface area contributed by atoms with E-state index in [0.29, 0.717) is 0 Å². The van der Waals surface area contributed by atoms with Crippen LogP contribution in [-0.4, -0.2) is 38.6 Å². The van der Waals surface area contributed by atoms with Crippen molar-refractivity contribution in [1.29, 1.82) is 0 Å². The number of aromatic nitrogens is 8. The molecule has 0 spiro atoms. The molecule has 23 aromatic rings. The van der Waals surface area contributed by atoms with E-state index in [2.05, 4.69) is 366 Å². The first kappa shape index (κ1) is 66.4. The maximum Gasteiger partial charge on any atom is 0.181 e. The number of hydrogen-bond donors (Lipinski definition) is 0. The van der Waals surface area contributed by atoms with Crippen LogP contribution in [0, 0.1) is 0 Å². The van der Waals surface area contributed by atoms with Crippen molar-refractivity contribution < 1.29 is 8.83 Å². The van der Waals surface area contributed by atoms with E-state index in [1.165, 1.54) is 145 Å². The van der Waals surface area contributed by atoms with Crippen LogP contribution < -0.4 is 0 Å². The van der Waals surface area contributed by atoms with Crippen LogP contribution >= 0.6 is 0 Å². The highest BCUT2D eigenvalue weighted by Crippen LogP contribution is 2.57. The molecule has 3 aliphatic carbocycles. The summed E-state index contributed by atoms with van der Waals surface area (Å²) in [5.74, 6) is 2.79. The zero-order chi connectivity index (χ0) is 78.9. The molecule has 26 rings (SSSR count). The minimum Gasteiger partial charge on any atom is -0.443 e. The Morgan fingerprint density at radius 1 is 0.200 bits per heavy atom. The first-order chi connectivity index (χ1) is 59.2.